The molecule has 0 aliphatic heterocycles. The van der Waals surface area contributed by atoms with E-state index in [4.69, 9.17) is 0 Å². The number of aryl methyl sites for hydroxylation is 4. The third-order valence-corrected chi connectivity index (χ3v) is 4.13. The van der Waals surface area contributed by atoms with Gasteiger partial charge in [0.15, 0.2) is 0 Å². The normalized spacial score (nSPS) is 10.6. The molecule has 0 fully saturated rings. The van der Waals surface area contributed by atoms with Gasteiger partial charge in [0.05, 0.1) is 11.4 Å². The number of rotatable bonds is 4. The first-order valence-electron chi connectivity index (χ1n) is 6.46. The van der Waals surface area contributed by atoms with E-state index >= 15 is 0 Å². The van der Waals surface area contributed by atoms with Gasteiger partial charge in [-0.3, -0.25) is 9.48 Å². The maximum atomic E-state index is 12.0. The lowest BCUT2D eigenvalue weighted by atomic mass is 10.2. The Morgan fingerprint density at radius 3 is 2.70 bits per heavy atom. The molecule has 0 aliphatic carbocycles. The summed E-state index contributed by atoms with van der Waals surface area (Å²) in [6.45, 7) is 6.02. The van der Waals surface area contributed by atoms with Gasteiger partial charge in [-0.1, -0.05) is 17.7 Å². The van der Waals surface area contributed by atoms with Crippen molar-refractivity contribution in [3.63, 3.8) is 0 Å². The van der Waals surface area contributed by atoms with Crippen molar-refractivity contribution in [3.05, 3.63) is 41.1 Å². The minimum Gasteiger partial charge on any atom is -0.310 e. The van der Waals surface area contributed by atoms with Crippen LogP contribution in [0.3, 0.4) is 0 Å². The summed E-state index contributed by atoms with van der Waals surface area (Å²) in [5.74, 6) is 1.11. The van der Waals surface area contributed by atoms with E-state index in [-0.39, 0.29) is 5.91 Å². The maximum Gasteiger partial charge on any atom is 0.235 e. The summed E-state index contributed by atoms with van der Waals surface area (Å²) in [6.07, 6.45) is 0. The van der Waals surface area contributed by atoms with Crippen molar-refractivity contribution >= 4 is 23.5 Å². The molecule has 1 aromatic carbocycles. The van der Waals surface area contributed by atoms with Gasteiger partial charge in [0.25, 0.3) is 0 Å². The average Bonchev–Trinajstić information content (AvgIpc) is 2.69. The molecule has 1 heterocycles. The molecule has 0 aliphatic rings. The summed E-state index contributed by atoms with van der Waals surface area (Å²) in [4.78, 5) is 13.1. The van der Waals surface area contributed by atoms with Crippen LogP contribution in [-0.2, 0) is 11.8 Å². The van der Waals surface area contributed by atoms with E-state index in [0.29, 0.717) is 5.75 Å². The van der Waals surface area contributed by atoms with Crippen molar-refractivity contribution in [1.82, 2.24) is 9.78 Å². The van der Waals surface area contributed by atoms with Crippen LogP contribution in [0.5, 0.6) is 0 Å². The van der Waals surface area contributed by atoms with Crippen LogP contribution in [0, 0.1) is 20.8 Å². The van der Waals surface area contributed by atoms with Crippen LogP contribution in [-0.4, -0.2) is 21.4 Å². The highest BCUT2D eigenvalue weighted by Crippen LogP contribution is 2.23. The number of carbonyl (C=O) groups is 1. The number of thioether (sulfide) groups is 1. The summed E-state index contributed by atoms with van der Waals surface area (Å²) in [7, 11) is 1.82. The van der Waals surface area contributed by atoms with Crippen LogP contribution >= 0.6 is 11.8 Å². The molecule has 1 N–H and O–H groups in total. The Labute approximate surface area is 123 Å². The first kappa shape index (κ1) is 14.7. The zero-order valence-electron chi connectivity index (χ0n) is 12.2. The molecule has 0 spiro atoms. The molecular formula is C15H19N3OS. The lowest BCUT2D eigenvalue weighted by Crippen LogP contribution is -2.16. The van der Waals surface area contributed by atoms with Crippen LogP contribution in [0.1, 0.15) is 16.8 Å². The Morgan fingerprint density at radius 2 is 2.05 bits per heavy atom. The highest BCUT2D eigenvalue weighted by molar-refractivity contribution is 8.00. The number of aromatic nitrogens is 2. The van der Waals surface area contributed by atoms with Gasteiger partial charge < -0.3 is 5.32 Å². The fourth-order valence-corrected chi connectivity index (χ4v) is 2.84. The molecule has 0 unspecified atom stereocenters. The van der Waals surface area contributed by atoms with E-state index in [9.17, 15) is 4.79 Å². The summed E-state index contributed by atoms with van der Waals surface area (Å²) in [6, 6.07) is 8.14. The standard InChI is InChI=1S/C15H19N3OS/c1-10-5-6-11(2)13(7-10)20-9-15(19)16-14-8-12(3)17-18(14)4/h5-8H,9H2,1-4H3,(H,16,19). The molecule has 2 aromatic rings. The molecule has 0 bridgehead atoms. The molecule has 1 amide bonds. The molecular weight excluding hydrogens is 270 g/mol. The molecule has 0 saturated carbocycles. The number of benzene rings is 1. The molecule has 0 saturated heterocycles. The number of carbonyl (C=O) groups excluding carboxylic acids is 1. The Hall–Kier alpha value is -1.75. The largest absolute Gasteiger partial charge is 0.310 e. The first-order valence-corrected chi connectivity index (χ1v) is 7.45. The van der Waals surface area contributed by atoms with Crippen molar-refractivity contribution in [2.75, 3.05) is 11.1 Å². The fourth-order valence-electron chi connectivity index (χ4n) is 1.91. The highest BCUT2D eigenvalue weighted by Gasteiger charge is 2.08. The predicted molar refractivity (Wildman–Crippen MR) is 83.2 cm³/mol. The van der Waals surface area contributed by atoms with Gasteiger partial charge in [-0.05, 0) is 32.4 Å². The van der Waals surface area contributed by atoms with Crippen LogP contribution in [0.4, 0.5) is 5.82 Å². The summed E-state index contributed by atoms with van der Waals surface area (Å²) < 4.78 is 1.68. The van der Waals surface area contributed by atoms with Crippen molar-refractivity contribution in [1.29, 1.82) is 0 Å². The zero-order valence-corrected chi connectivity index (χ0v) is 13.0. The number of nitrogens with one attached hydrogen (secondary N) is 1. The summed E-state index contributed by atoms with van der Waals surface area (Å²) >= 11 is 1.56. The van der Waals surface area contributed by atoms with Gasteiger partial charge >= 0.3 is 0 Å². The molecule has 5 heteroatoms. The van der Waals surface area contributed by atoms with Gasteiger partial charge in [-0.2, -0.15) is 5.10 Å². The quantitative estimate of drug-likeness (QED) is 0.880. The van der Waals surface area contributed by atoms with E-state index in [0.717, 1.165) is 16.4 Å². The van der Waals surface area contributed by atoms with Gasteiger partial charge in [0.1, 0.15) is 5.82 Å². The third kappa shape index (κ3) is 3.63. The van der Waals surface area contributed by atoms with Gasteiger partial charge in [-0.25, -0.2) is 0 Å². The van der Waals surface area contributed by atoms with E-state index in [1.165, 1.54) is 11.1 Å². The second kappa shape index (κ2) is 6.13. The molecule has 106 valence electrons. The Balaban J connectivity index is 1.95. The van der Waals surface area contributed by atoms with E-state index in [1.54, 1.807) is 16.4 Å². The Bertz CT molecular complexity index is 634. The smallest absolute Gasteiger partial charge is 0.235 e. The minimum absolute atomic E-state index is 0.0149. The summed E-state index contributed by atoms with van der Waals surface area (Å²) in [5, 5.41) is 7.08. The van der Waals surface area contributed by atoms with Gasteiger partial charge in [0, 0.05) is 18.0 Å². The Kier molecular flexibility index (Phi) is 4.49. The van der Waals surface area contributed by atoms with Crippen LogP contribution < -0.4 is 5.32 Å². The monoisotopic (exact) mass is 289 g/mol. The van der Waals surface area contributed by atoms with Crippen molar-refractivity contribution in [3.8, 4) is 0 Å². The van der Waals surface area contributed by atoms with E-state index in [2.05, 4.69) is 42.5 Å². The highest BCUT2D eigenvalue weighted by atomic mass is 32.2. The molecule has 0 radical (unpaired) electrons. The van der Waals surface area contributed by atoms with Crippen molar-refractivity contribution in [2.24, 2.45) is 7.05 Å². The Morgan fingerprint density at radius 1 is 1.30 bits per heavy atom. The molecule has 1 aromatic heterocycles. The average molecular weight is 289 g/mol. The summed E-state index contributed by atoms with van der Waals surface area (Å²) in [5.41, 5.74) is 3.30. The predicted octanol–water partition coefficient (Wildman–Crippen LogP) is 3.08. The SMILES string of the molecule is Cc1ccc(C)c(SCC(=O)Nc2cc(C)nn2C)c1. The zero-order chi connectivity index (χ0) is 14.7. The van der Waals surface area contributed by atoms with E-state index < -0.39 is 0 Å². The third-order valence-electron chi connectivity index (χ3n) is 2.97. The topological polar surface area (TPSA) is 46.9 Å². The second-order valence-corrected chi connectivity index (χ2v) is 5.92. The van der Waals surface area contributed by atoms with Crippen molar-refractivity contribution in [2.45, 2.75) is 25.7 Å². The van der Waals surface area contributed by atoms with Crippen LogP contribution in [0.2, 0.25) is 0 Å². The number of nitrogens with zero attached hydrogens (tertiary/aromatic N) is 2. The van der Waals surface area contributed by atoms with Gasteiger partial charge in [0.2, 0.25) is 5.91 Å². The maximum absolute atomic E-state index is 12.0. The molecule has 2 rings (SSSR count). The lowest BCUT2D eigenvalue weighted by molar-refractivity contribution is -0.113. The minimum atomic E-state index is -0.0149. The fraction of sp³-hybridized carbons (Fsp3) is 0.333. The first-order chi connectivity index (χ1) is 9.45. The lowest BCUT2D eigenvalue weighted by Gasteiger charge is -2.07. The van der Waals surface area contributed by atoms with Crippen LogP contribution in [0.25, 0.3) is 0 Å². The van der Waals surface area contributed by atoms with Gasteiger partial charge in [-0.15, -0.1) is 11.8 Å². The molecule has 4 nitrogen and oxygen atoms in total. The number of amides is 1. The number of anilines is 1. The molecule has 20 heavy (non-hydrogen) atoms. The van der Waals surface area contributed by atoms with Crippen molar-refractivity contribution < 1.29 is 4.79 Å². The number of hydrogen-bond donors (Lipinski definition) is 1. The van der Waals surface area contributed by atoms with Crippen LogP contribution in [0.15, 0.2) is 29.2 Å². The molecule has 0 atom stereocenters. The number of hydrogen-bond acceptors (Lipinski definition) is 3. The van der Waals surface area contributed by atoms with E-state index in [1.807, 2.05) is 20.0 Å². The second-order valence-electron chi connectivity index (χ2n) is 4.90.